The molecule has 1 fully saturated rings. The zero-order valence-electron chi connectivity index (χ0n) is 19.6. The predicted octanol–water partition coefficient (Wildman–Crippen LogP) is 1.34. The maximum atomic E-state index is 12.7. The zero-order valence-corrected chi connectivity index (χ0v) is 21.3. The Kier molecular flexibility index (Phi) is 9.57. The first kappa shape index (κ1) is 26.1. The van der Waals surface area contributed by atoms with Crippen molar-refractivity contribution in [2.24, 2.45) is 0 Å². The lowest BCUT2D eigenvalue weighted by Gasteiger charge is -2.19. The summed E-state index contributed by atoms with van der Waals surface area (Å²) >= 11 is 3.08. The van der Waals surface area contributed by atoms with Crippen LogP contribution in [0, 0.1) is 22.7 Å². The fourth-order valence-electron chi connectivity index (χ4n) is 3.53. The normalized spacial score (nSPS) is 14.8. The summed E-state index contributed by atoms with van der Waals surface area (Å²) < 4.78 is 2.09. The molecular formula is C25H26N6O2S2. The van der Waals surface area contributed by atoms with Crippen molar-refractivity contribution < 1.29 is 4.79 Å². The maximum absolute atomic E-state index is 12.7. The van der Waals surface area contributed by atoms with Gasteiger partial charge in [-0.05, 0) is 38.0 Å². The lowest BCUT2D eigenvalue weighted by atomic mass is 10.1. The minimum atomic E-state index is -0.710. The number of amides is 1. The second-order valence-corrected chi connectivity index (χ2v) is 10.1. The molecule has 3 rings (SSSR count). The molecule has 8 nitrogen and oxygen atoms in total. The highest BCUT2D eigenvalue weighted by molar-refractivity contribution is 8.00. The molecule has 0 saturated carbocycles. The molecule has 1 saturated heterocycles. The number of carbonyl (C=O) groups is 1. The van der Waals surface area contributed by atoms with Crippen LogP contribution in [-0.4, -0.2) is 46.1 Å². The van der Waals surface area contributed by atoms with Crippen LogP contribution in [0.5, 0.6) is 0 Å². The summed E-state index contributed by atoms with van der Waals surface area (Å²) in [6.45, 7) is 6.32. The molecule has 180 valence electrons. The molecule has 2 N–H and O–H groups in total. The van der Waals surface area contributed by atoms with Crippen LogP contribution in [-0.2, 0) is 17.8 Å². The zero-order chi connectivity index (χ0) is 25.2. The molecule has 0 bridgehead atoms. The summed E-state index contributed by atoms with van der Waals surface area (Å²) in [5.74, 6) is 0.478. The molecule has 0 aliphatic carbocycles. The van der Waals surface area contributed by atoms with E-state index in [4.69, 9.17) is 5.26 Å². The molecule has 1 aromatic heterocycles. The molecule has 1 aliphatic heterocycles. The van der Waals surface area contributed by atoms with E-state index in [0.29, 0.717) is 21.1 Å². The van der Waals surface area contributed by atoms with Crippen molar-refractivity contribution in [3.05, 3.63) is 61.2 Å². The Morgan fingerprint density at radius 1 is 1.34 bits per heavy atom. The van der Waals surface area contributed by atoms with Gasteiger partial charge in [0, 0.05) is 37.3 Å². The second-order valence-electron chi connectivity index (χ2n) is 7.63. The van der Waals surface area contributed by atoms with Crippen LogP contribution in [0.4, 0.5) is 5.69 Å². The van der Waals surface area contributed by atoms with Crippen LogP contribution < -0.4 is 25.4 Å². The minimum absolute atomic E-state index is 0.220. The Bertz CT molecular complexity index is 1420. The van der Waals surface area contributed by atoms with Gasteiger partial charge < -0.3 is 10.6 Å². The summed E-state index contributed by atoms with van der Waals surface area (Å²) in [7, 11) is 0. The first-order valence-electron chi connectivity index (χ1n) is 11.2. The first-order chi connectivity index (χ1) is 17.0. The topological polar surface area (TPSA) is 114 Å². The maximum Gasteiger partial charge on any atom is 0.277 e. The van der Waals surface area contributed by atoms with Gasteiger partial charge in [0.15, 0.2) is 5.57 Å². The first-order valence-corrected chi connectivity index (χ1v) is 13.1. The third-order valence-corrected chi connectivity index (χ3v) is 7.62. The van der Waals surface area contributed by atoms with Gasteiger partial charge in [-0.3, -0.25) is 19.1 Å². The van der Waals surface area contributed by atoms with Gasteiger partial charge in [-0.25, -0.2) is 0 Å². The minimum Gasteiger partial charge on any atom is -0.355 e. The summed E-state index contributed by atoms with van der Waals surface area (Å²) in [5, 5.41) is 23.9. The smallest absolute Gasteiger partial charge is 0.277 e. The molecule has 1 aliphatic rings. The Morgan fingerprint density at radius 3 is 2.86 bits per heavy atom. The molecule has 0 spiro atoms. The van der Waals surface area contributed by atoms with Crippen molar-refractivity contribution >= 4 is 46.2 Å². The average molecular weight is 507 g/mol. The number of thioether (sulfide) groups is 1. The van der Waals surface area contributed by atoms with E-state index in [1.807, 2.05) is 23.9 Å². The Morgan fingerprint density at radius 2 is 2.17 bits per heavy atom. The predicted molar refractivity (Wildman–Crippen MR) is 140 cm³/mol. The van der Waals surface area contributed by atoms with E-state index in [9.17, 15) is 14.9 Å². The summed E-state index contributed by atoms with van der Waals surface area (Å²) in [4.78, 5) is 27.3. The van der Waals surface area contributed by atoms with Crippen LogP contribution in [0.1, 0.15) is 19.4 Å². The van der Waals surface area contributed by atoms with Crippen LogP contribution in [0.25, 0.3) is 11.5 Å². The van der Waals surface area contributed by atoms with Gasteiger partial charge >= 0.3 is 0 Å². The monoisotopic (exact) mass is 506 g/mol. The molecule has 35 heavy (non-hydrogen) atoms. The fourth-order valence-corrected chi connectivity index (χ4v) is 5.61. The Balaban J connectivity index is 1.84. The van der Waals surface area contributed by atoms with E-state index in [0.717, 1.165) is 36.5 Å². The number of nitrogens with zero attached hydrogens (tertiary/aromatic N) is 4. The average Bonchev–Trinajstić information content (AvgIpc) is 3.41. The van der Waals surface area contributed by atoms with Gasteiger partial charge in [-0.2, -0.15) is 10.5 Å². The quantitative estimate of drug-likeness (QED) is 0.316. The molecule has 1 atom stereocenters. The number of thiazole rings is 1. The van der Waals surface area contributed by atoms with E-state index in [1.54, 1.807) is 25.3 Å². The van der Waals surface area contributed by atoms with Crippen LogP contribution in [0.15, 0.2) is 40.8 Å². The van der Waals surface area contributed by atoms with Crippen molar-refractivity contribution in [1.29, 1.82) is 10.5 Å². The number of hydrogen-bond acceptors (Lipinski definition) is 8. The Hall–Kier alpha value is -3.49. The van der Waals surface area contributed by atoms with E-state index in [1.165, 1.54) is 15.9 Å². The molecule has 10 heteroatoms. The number of carbonyl (C=O) groups excluding carboxylic acids is 1. The standard InChI is InChI=1S/C25H26N6O2S2/c1-3-31-23(16-20(17-27)24(32)29-11-9-26)35-22(25(31)33)7-10-28-21-6-4-5-19(15-21)8-12-30-13-14-34-18(30)2/h4-6,10,15,18,28H,3,8,11-14H2,1-2H3,(H,29,32). The summed E-state index contributed by atoms with van der Waals surface area (Å²) in [6.07, 6.45) is 2.55. The van der Waals surface area contributed by atoms with Crippen LogP contribution in [0.2, 0.25) is 0 Å². The summed E-state index contributed by atoms with van der Waals surface area (Å²) in [6, 6.07) is 11.7. The van der Waals surface area contributed by atoms with Crippen LogP contribution >= 0.6 is 23.1 Å². The molecule has 1 aromatic carbocycles. The van der Waals surface area contributed by atoms with E-state index < -0.39 is 5.91 Å². The van der Waals surface area contributed by atoms with Crippen molar-refractivity contribution in [3.8, 4) is 12.1 Å². The fraction of sp³-hybridized carbons (Fsp3) is 0.360. The van der Waals surface area contributed by atoms with Crippen molar-refractivity contribution in [3.63, 3.8) is 0 Å². The van der Waals surface area contributed by atoms with Crippen molar-refractivity contribution in [2.75, 3.05) is 30.7 Å². The summed E-state index contributed by atoms with van der Waals surface area (Å²) in [5.41, 5.74) is 7.25. The number of hydrogen-bond donors (Lipinski definition) is 2. The molecule has 1 unspecified atom stereocenters. The molecule has 0 radical (unpaired) electrons. The van der Waals surface area contributed by atoms with Crippen molar-refractivity contribution in [1.82, 2.24) is 14.8 Å². The number of rotatable bonds is 8. The van der Waals surface area contributed by atoms with Gasteiger partial charge in [-0.1, -0.05) is 34.9 Å². The molecular weight excluding hydrogens is 480 g/mol. The van der Waals surface area contributed by atoms with E-state index in [2.05, 4.69) is 46.1 Å². The Labute approximate surface area is 212 Å². The largest absolute Gasteiger partial charge is 0.355 e. The van der Waals surface area contributed by atoms with Gasteiger partial charge in [0.1, 0.15) is 21.8 Å². The van der Waals surface area contributed by atoms with Gasteiger partial charge in [0.2, 0.25) is 0 Å². The number of benzene rings is 1. The van der Waals surface area contributed by atoms with Gasteiger partial charge in [-0.15, -0.1) is 11.8 Å². The molecule has 2 aromatic rings. The highest BCUT2D eigenvalue weighted by atomic mass is 32.2. The third kappa shape index (κ3) is 7.00. The highest BCUT2D eigenvalue weighted by Gasteiger charge is 2.19. The second kappa shape index (κ2) is 12.8. The SMILES string of the molecule is CCn1c(=C=C(C#N)C(=O)NCC#N)sc(=C=CNc2cccc(CCN3CCSC3C)c2)c1=O. The number of aromatic nitrogens is 1. The lowest BCUT2D eigenvalue weighted by Crippen LogP contribution is -2.30. The van der Waals surface area contributed by atoms with Gasteiger partial charge in [0.05, 0.1) is 11.4 Å². The third-order valence-electron chi connectivity index (χ3n) is 5.41. The van der Waals surface area contributed by atoms with Gasteiger partial charge in [0.25, 0.3) is 11.5 Å². The number of nitrogens with one attached hydrogen (secondary N) is 2. The highest BCUT2D eigenvalue weighted by Crippen LogP contribution is 2.23. The molecule has 2 heterocycles. The lowest BCUT2D eigenvalue weighted by molar-refractivity contribution is -0.116. The van der Waals surface area contributed by atoms with E-state index in [-0.39, 0.29) is 17.7 Å². The molecule has 1 amide bonds. The van der Waals surface area contributed by atoms with Crippen LogP contribution in [0.3, 0.4) is 0 Å². The van der Waals surface area contributed by atoms with E-state index >= 15 is 0 Å². The number of anilines is 1. The van der Waals surface area contributed by atoms with Crippen molar-refractivity contribution in [2.45, 2.75) is 32.2 Å². The number of nitriles is 2.